The van der Waals surface area contributed by atoms with Gasteiger partial charge in [0.25, 0.3) is 5.91 Å². The molecule has 0 heterocycles. The van der Waals surface area contributed by atoms with E-state index in [1.165, 1.54) is 0 Å². The monoisotopic (exact) mass is 284 g/mol. The third kappa shape index (κ3) is 3.52. The number of nitrogens with zero attached hydrogens (tertiary/aromatic N) is 1. The van der Waals surface area contributed by atoms with E-state index in [9.17, 15) is 4.79 Å². The molecule has 0 saturated carbocycles. The van der Waals surface area contributed by atoms with Gasteiger partial charge in [-0.2, -0.15) is 0 Å². The van der Waals surface area contributed by atoms with Crippen molar-refractivity contribution in [2.24, 2.45) is 0 Å². The highest BCUT2D eigenvalue weighted by Crippen LogP contribution is 2.12. The lowest BCUT2D eigenvalue weighted by Crippen LogP contribution is -2.33. The van der Waals surface area contributed by atoms with E-state index in [2.05, 4.69) is 21.2 Å². The summed E-state index contributed by atoms with van der Waals surface area (Å²) < 4.78 is 0. The summed E-state index contributed by atoms with van der Waals surface area (Å²) >= 11 is 3.33. The third-order valence-electron chi connectivity index (χ3n) is 2.25. The van der Waals surface area contributed by atoms with Crippen LogP contribution in [0.1, 0.15) is 17.3 Å². The van der Waals surface area contributed by atoms with Crippen molar-refractivity contribution >= 4 is 27.5 Å². The zero-order valence-electron chi connectivity index (χ0n) is 9.83. The second-order valence-electron chi connectivity index (χ2n) is 3.97. The minimum atomic E-state index is -0.0303. The molecule has 16 heavy (non-hydrogen) atoms. The fraction of sp³-hybridized carbons (Fsp3) is 0.417. The zero-order chi connectivity index (χ0) is 12.1. The number of hydrogen-bond acceptors (Lipinski definition) is 2. The number of carbonyl (C=O) groups excluding carboxylic acids is 1. The lowest BCUT2D eigenvalue weighted by atomic mass is 10.2. The maximum absolute atomic E-state index is 11.7. The van der Waals surface area contributed by atoms with Gasteiger partial charge >= 0.3 is 0 Å². The number of alkyl halides is 1. The molecule has 0 aliphatic heterocycles. The molecule has 0 fully saturated rings. The van der Waals surface area contributed by atoms with Crippen molar-refractivity contribution in [1.29, 1.82) is 0 Å². The van der Waals surface area contributed by atoms with E-state index in [4.69, 9.17) is 0 Å². The molecule has 0 bridgehead atoms. The van der Waals surface area contributed by atoms with Crippen molar-refractivity contribution in [2.75, 3.05) is 24.3 Å². The van der Waals surface area contributed by atoms with Crippen LogP contribution in [-0.4, -0.2) is 31.4 Å². The number of hydrogen-bond donors (Lipinski definition) is 1. The van der Waals surface area contributed by atoms with Gasteiger partial charge < -0.3 is 10.2 Å². The lowest BCUT2D eigenvalue weighted by molar-refractivity contribution is 0.0944. The number of benzene rings is 1. The van der Waals surface area contributed by atoms with Crippen molar-refractivity contribution < 1.29 is 4.79 Å². The molecule has 0 spiro atoms. The van der Waals surface area contributed by atoms with E-state index < -0.39 is 0 Å². The second kappa shape index (κ2) is 5.89. The van der Waals surface area contributed by atoms with Crippen LogP contribution in [-0.2, 0) is 0 Å². The first kappa shape index (κ1) is 13.0. The Labute approximate surface area is 105 Å². The van der Waals surface area contributed by atoms with Gasteiger partial charge in [0.05, 0.1) is 0 Å². The predicted octanol–water partition coefficient (Wildman–Crippen LogP) is 2.27. The second-order valence-corrected chi connectivity index (χ2v) is 4.62. The Morgan fingerprint density at radius 1 is 1.38 bits per heavy atom. The molecule has 0 radical (unpaired) electrons. The summed E-state index contributed by atoms with van der Waals surface area (Å²) in [5.74, 6) is -0.0303. The molecule has 0 saturated heterocycles. The molecule has 0 aromatic heterocycles. The van der Waals surface area contributed by atoms with E-state index >= 15 is 0 Å². The maximum atomic E-state index is 11.7. The maximum Gasteiger partial charge on any atom is 0.251 e. The van der Waals surface area contributed by atoms with E-state index in [0.29, 0.717) is 5.56 Å². The first-order valence-electron chi connectivity index (χ1n) is 5.19. The van der Waals surface area contributed by atoms with Gasteiger partial charge in [-0.25, -0.2) is 0 Å². The van der Waals surface area contributed by atoms with Gasteiger partial charge in [-0.1, -0.05) is 15.9 Å². The minimum absolute atomic E-state index is 0.0303. The van der Waals surface area contributed by atoms with Gasteiger partial charge in [0.2, 0.25) is 0 Å². The minimum Gasteiger partial charge on any atom is -0.378 e. The molecule has 1 aromatic rings. The molecular formula is C12H17BrN2O. The standard InChI is InChI=1S/C12H17BrN2O/c1-9(8-13)14-12(16)10-4-6-11(7-5-10)15(2)3/h4-7,9H,8H2,1-3H3,(H,14,16). The number of anilines is 1. The smallest absolute Gasteiger partial charge is 0.251 e. The van der Waals surface area contributed by atoms with E-state index in [-0.39, 0.29) is 11.9 Å². The summed E-state index contributed by atoms with van der Waals surface area (Å²) in [7, 11) is 3.95. The first-order chi connectivity index (χ1) is 7.54. The van der Waals surface area contributed by atoms with Crippen LogP contribution in [0.5, 0.6) is 0 Å². The van der Waals surface area contributed by atoms with E-state index in [1.807, 2.05) is 50.2 Å². The van der Waals surface area contributed by atoms with Crippen LogP contribution in [0.4, 0.5) is 5.69 Å². The highest BCUT2D eigenvalue weighted by molar-refractivity contribution is 9.09. The molecule has 88 valence electrons. The molecule has 0 aliphatic rings. The quantitative estimate of drug-likeness (QED) is 0.861. The van der Waals surface area contributed by atoms with Crippen LogP contribution in [0.15, 0.2) is 24.3 Å². The van der Waals surface area contributed by atoms with Crippen molar-refractivity contribution in [2.45, 2.75) is 13.0 Å². The Morgan fingerprint density at radius 3 is 2.38 bits per heavy atom. The Kier molecular flexibility index (Phi) is 4.80. The topological polar surface area (TPSA) is 32.3 Å². The normalized spacial score (nSPS) is 12.0. The molecule has 4 heteroatoms. The molecule has 1 rings (SSSR count). The highest BCUT2D eigenvalue weighted by Gasteiger charge is 2.08. The fourth-order valence-corrected chi connectivity index (χ4v) is 1.42. The van der Waals surface area contributed by atoms with Crippen molar-refractivity contribution in [3.05, 3.63) is 29.8 Å². The summed E-state index contributed by atoms with van der Waals surface area (Å²) in [6.45, 7) is 1.96. The fourth-order valence-electron chi connectivity index (χ4n) is 1.26. The summed E-state index contributed by atoms with van der Waals surface area (Å²) in [5, 5.41) is 3.65. The van der Waals surface area contributed by atoms with Gasteiger partial charge in [0, 0.05) is 36.7 Å². The van der Waals surface area contributed by atoms with E-state index in [0.717, 1.165) is 11.0 Å². The number of carbonyl (C=O) groups is 1. The zero-order valence-corrected chi connectivity index (χ0v) is 11.4. The molecule has 0 aliphatic carbocycles. The van der Waals surface area contributed by atoms with Crippen molar-refractivity contribution in [3.63, 3.8) is 0 Å². The number of nitrogens with one attached hydrogen (secondary N) is 1. The van der Waals surface area contributed by atoms with Gasteiger partial charge in [-0.05, 0) is 31.2 Å². The van der Waals surface area contributed by atoms with Crippen LogP contribution in [0.2, 0.25) is 0 Å². The van der Waals surface area contributed by atoms with Crippen LogP contribution in [0.3, 0.4) is 0 Å². The summed E-state index contributed by atoms with van der Waals surface area (Å²) in [5.41, 5.74) is 1.78. The van der Waals surface area contributed by atoms with Crippen LogP contribution in [0, 0.1) is 0 Å². The van der Waals surface area contributed by atoms with Gasteiger partial charge in [-0.3, -0.25) is 4.79 Å². The van der Waals surface area contributed by atoms with Gasteiger partial charge in [0.15, 0.2) is 0 Å². The van der Waals surface area contributed by atoms with Crippen molar-refractivity contribution in [3.8, 4) is 0 Å². The highest BCUT2D eigenvalue weighted by atomic mass is 79.9. The molecule has 3 nitrogen and oxygen atoms in total. The molecule has 1 unspecified atom stereocenters. The summed E-state index contributed by atoms with van der Waals surface area (Å²) in [4.78, 5) is 13.8. The van der Waals surface area contributed by atoms with Crippen LogP contribution in [0.25, 0.3) is 0 Å². The Hall–Kier alpha value is -1.03. The van der Waals surface area contributed by atoms with E-state index in [1.54, 1.807) is 0 Å². The lowest BCUT2D eigenvalue weighted by Gasteiger charge is -2.14. The largest absolute Gasteiger partial charge is 0.378 e. The Morgan fingerprint density at radius 2 is 1.94 bits per heavy atom. The Bertz CT molecular complexity index is 349. The molecule has 1 atom stereocenters. The SMILES string of the molecule is CC(CBr)NC(=O)c1ccc(N(C)C)cc1. The molecule has 1 aromatic carbocycles. The van der Waals surface area contributed by atoms with Crippen LogP contribution < -0.4 is 10.2 Å². The molecule has 1 N–H and O–H groups in total. The Balaban J connectivity index is 2.70. The number of halogens is 1. The average molecular weight is 285 g/mol. The van der Waals surface area contributed by atoms with Gasteiger partial charge in [-0.15, -0.1) is 0 Å². The predicted molar refractivity (Wildman–Crippen MR) is 71.5 cm³/mol. The summed E-state index contributed by atoms with van der Waals surface area (Å²) in [6.07, 6.45) is 0. The number of amides is 1. The van der Waals surface area contributed by atoms with Gasteiger partial charge in [0.1, 0.15) is 0 Å². The summed E-state index contributed by atoms with van der Waals surface area (Å²) in [6, 6.07) is 7.69. The van der Waals surface area contributed by atoms with Crippen molar-refractivity contribution in [1.82, 2.24) is 5.32 Å². The first-order valence-corrected chi connectivity index (χ1v) is 6.31. The molecular weight excluding hydrogens is 268 g/mol. The third-order valence-corrected chi connectivity index (χ3v) is 3.23. The average Bonchev–Trinajstić information content (AvgIpc) is 2.28. The van der Waals surface area contributed by atoms with Crippen LogP contribution >= 0.6 is 15.9 Å². The number of rotatable bonds is 4. The molecule has 1 amide bonds.